The van der Waals surface area contributed by atoms with Gasteiger partial charge in [0.25, 0.3) is 0 Å². The van der Waals surface area contributed by atoms with Gasteiger partial charge in [-0.2, -0.15) is 4.98 Å². The summed E-state index contributed by atoms with van der Waals surface area (Å²) in [5.74, 6) is -0.0584. The second-order valence-corrected chi connectivity index (χ2v) is 9.91. The van der Waals surface area contributed by atoms with Gasteiger partial charge in [0.1, 0.15) is 17.5 Å². The molecule has 2 aromatic rings. The van der Waals surface area contributed by atoms with Crippen molar-refractivity contribution in [1.82, 2.24) is 4.90 Å². The number of hydrogen-bond donors (Lipinski definition) is 0. The van der Waals surface area contributed by atoms with E-state index in [4.69, 9.17) is 16.3 Å². The summed E-state index contributed by atoms with van der Waals surface area (Å²) in [7, 11) is 0. The fraction of sp³-hybridized carbons (Fsp3) is 0.316. The molecule has 0 fully saturated rings. The number of hydrogen-bond acceptors (Lipinski definition) is 4. The summed E-state index contributed by atoms with van der Waals surface area (Å²) in [5.41, 5.74) is 0.518. The molecule has 0 aliphatic carbocycles. The third-order valence-corrected chi connectivity index (χ3v) is 6.45. The maximum atomic E-state index is 13.7. The first-order valence-corrected chi connectivity index (χ1v) is 11.8. The Morgan fingerprint density at radius 3 is 2.72 bits per heavy atom. The second-order valence-electron chi connectivity index (χ2n) is 7.18. The highest BCUT2D eigenvalue weighted by Gasteiger charge is 2.42. The lowest BCUT2D eigenvalue weighted by molar-refractivity contribution is -0.373. The number of ether oxygens (including phenoxy) is 1. The first-order chi connectivity index (χ1) is 13.6. The van der Waals surface area contributed by atoms with Crippen molar-refractivity contribution in [1.29, 1.82) is 0 Å². The molecular weight excluding hydrogens is 549 g/mol. The molecule has 1 aromatic heterocycles. The quantitative estimate of drug-likeness (QED) is 0.422. The van der Waals surface area contributed by atoms with Crippen LogP contribution < -0.4 is 4.98 Å². The molecule has 5 nitrogen and oxygen atoms in total. The Balaban J connectivity index is 2.22. The highest BCUT2D eigenvalue weighted by molar-refractivity contribution is 9.12. The van der Waals surface area contributed by atoms with E-state index in [0.717, 1.165) is 0 Å². The van der Waals surface area contributed by atoms with Crippen molar-refractivity contribution >= 4 is 66.7 Å². The first-order valence-electron chi connectivity index (χ1n) is 8.58. The minimum Gasteiger partial charge on any atom is -0.443 e. The molecule has 0 saturated heterocycles. The van der Waals surface area contributed by atoms with Crippen LogP contribution in [0, 0.1) is 5.82 Å². The molecule has 1 aliphatic rings. The molecule has 1 aromatic carbocycles. The number of H-pyrrole nitrogens is 1. The fourth-order valence-corrected chi connectivity index (χ4v) is 5.16. The highest BCUT2D eigenvalue weighted by Crippen LogP contribution is 2.43. The maximum absolute atomic E-state index is 13.7. The highest BCUT2D eigenvalue weighted by atomic mass is 79.9. The number of amidine groups is 1. The Morgan fingerprint density at radius 2 is 2.17 bits per heavy atom. The smallest absolute Gasteiger partial charge is 0.417 e. The van der Waals surface area contributed by atoms with Crippen molar-refractivity contribution in [2.24, 2.45) is 4.99 Å². The van der Waals surface area contributed by atoms with Crippen LogP contribution in [0.3, 0.4) is 0 Å². The molecule has 1 aliphatic heterocycles. The van der Waals surface area contributed by atoms with E-state index in [0.29, 0.717) is 31.9 Å². The number of rotatable bonds is 3. The van der Waals surface area contributed by atoms with Gasteiger partial charge in [-0.25, -0.2) is 19.1 Å². The topological polar surface area (TPSA) is 56.0 Å². The average molecular weight is 567 g/mol. The number of aliphatic imine (C=N–C) groups is 1. The van der Waals surface area contributed by atoms with Crippen LogP contribution in [0.25, 0.3) is 0 Å². The van der Waals surface area contributed by atoms with Gasteiger partial charge in [-0.3, -0.25) is 0 Å². The monoisotopic (exact) mass is 564 g/mol. The fourth-order valence-electron chi connectivity index (χ4n) is 2.75. The van der Waals surface area contributed by atoms with Crippen LogP contribution in [0.15, 0.2) is 44.9 Å². The van der Waals surface area contributed by atoms with Gasteiger partial charge in [-0.1, -0.05) is 60.9 Å². The van der Waals surface area contributed by atoms with E-state index in [1.54, 1.807) is 33.0 Å². The first kappa shape index (κ1) is 22.4. The van der Waals surface area contributed by atoms with Gasteiger partial charge in [-0.05, 0) is 38.5 Å². The zero-order chi connectivity index (χ0) is 21.3. The molecule has 154 valence electrons. The number of amides is 1. The number of aromatic amines is 1. The van der Waals surface area contributed by atoms with Crippen LogP contribution in [0.4, 0.5) is 9.18 Å². The standard InChI is InChI=1S/C19H17Br2ClFN3O2S/c1-19(2,3)28-18(27)26-15(11-5-4-10(23)8-12(11)22)14(21)13(9-20)25-16(26)17-24-6-7-29-17/h4-8,15H,9H2,1-3H3/p+1/t15-/m0/s1. The number of aromatic nitrogens is 1. The molecule has 0 radical (unpaired) electrons. The van der Waals surface area contributed by atoms with Crippen molar-refractivity contribution in [3.63, 3.8) is 0 Å². The van der Waals surface area contributed by atoms with Crippen molar-refractivity contribution in [2.45, 2.75) is 32.4 Å². The van der Waals surface area contributed by atoms with Crippen molar-refractivity contribution in [3.8, 4) is 0 Å². The minimum absolute atomic E-state index is 0.200. The lowest BCUT2D eigenvalue weighted by atomic mass is 10.0. The summed E-state index contributed by atoms with van der Waals surface area (Å²) < 4.78 is 20.0. The predicted octanol–water partition coefficient (Wildman–Crippen LogP) is 6.09. The van der Waals surface area contributed by atoms with E-state index in [-0.39, 0.29) is 5.02 Å². The molecule has 0 saturated carbocycles. The Kier molecular flexibility index (Phi) is 6.82. The largest absolute Gasteiger partial charge is 0.443 e. The van der Waals surface area contributed by atoms with Gasteiger partial charge in [0.15, 0.2) is 6.20 Å². The summed E-state index contributed by atoms with van der Waals surface area (Å²) in [6.45, 7) is 5.37. The van der Waals surface area contributed by atoms with Gasteiger partial charge in [0, 0.05) is 14.8 Å². The number of thiazole rings is 1. The van der Waals surface area contributed by atoms with E-state index in [1.165, 1.54) is 28.4 Å². The Bertz CT molecular complexity index is 990. The lowest BCUT2D eigenvalue weighted by Gasteiger charge is -2.36. The summed E-state index contributed by atoms with van der Waals surface area (Å²) in [5, 5.41) is 3.18. The molecular formula is C19H18Br2ClFN3O2S+. The summed E-state index contributed by atoms with van der Waals surface area (Å²) in [4.78, 5) is 22.5. The Labute approximate surface area is 193 Å². The van der Waals surface area contributed by atoms with E-state index in [2.05, 4.69) is 41.8 Å². The van der Waals surface area contributed by atoms with Crippen molar-refractivity contribution in [3.05, 3.63) is 61.4 Å². The van der Waals surface area contributed by atoms with Crippen LogP contribution >= 0.6 is 54.8 Å². The van der Waals surface area contributed by atoms with Gasteiger partial charge >= 0.3 is 11.1 Å². The molecule has 29 heavy (non-hydrogen) atoms. The molecule has 3 rings (SSSR count). The van der Waals surface area contributed by atoms with Crippen LogP contribution in [0.5, 0.6) is 0 Å². The zero-order valence-corrected chi connectivity index (χ0v) is 20.5. The van der Waals surface area contributed by atoms with E-state index < -0.39 is 23.6 Å². The molecule has 0 spiro atoms. The van der Waals surface area contributed by atoms with E-state index in [1.807, 2.05) is 5.38 Å². The summed E-state index contributed by atoms with van der Waals surface area (Å²) in [6.07, 6.45) is 1.17. The zero-order valence-electron chi connectivity index (χ0n) is 15.8. The van der Waals surface area contributed by atoms with Gasteiger partial charge in [0.2, 0.25) is 5.84 Å². The Hall–Kier alpha value is -1.29. The summed E-state index contributed by atoms with van der Waals surface area (Å²) >= 11 is 14.8. The second kappa shape index (κ2) is 8.83. The van der Waals surface area contributed by atoms with E-state index >= 15 is 0 Å². The van der Waals surface area contributed by atoms with Crippen LogP contribution in [-0.4, -0.2) is 27.8 Å². The number of carbonyl (C=O) groups is 1. The normalized spacial score (nSPS) is 17.4. The number of allylic oxidation sites excluding steroid dienone is 1. The van der Waals surface area contributed by atoms with Crippen LogP contribution in [-0.2, 0) is 4.74 Å². The van der Waals surface area contributed by atoms with Crippen LogP contribution in [0.1, 0.15) is 37.4 Å². The maximum Gasteiger partial charge on any atom is 0.417 e. The van der Waals surface area contributed by atoms with E-state index in [9.17, 15) is 9.18 Å². The number of alkyl halides is 1. The lowest BCUT2D eigenvalue weighted by Crippen LogP contribution is -2.46. The molecule has 0 unspecified atom stereocenters. The number of nitrogens with zero attached hydrogens (tertiary/aromatic N) is 2. The molecule has 1 N–H and O–H groups in total. The molecule has 1 atom stereocenters. The molecule has 2 heterocycles. The molecule has 0 bridgehead atoms. The Morgan fingerprint density at radius 1 is 1.45 bits per heavy atom. The number of nitrogens with one attached hydrogen (secondary N) is 1. The number of benzene rings is 1. The van der Waals surface area contributed by atoms with Crippen LogP contribution in [0.2, 0.25) is 5.02 Å². The van der Waals surface area contributed by atoms with Gasteiger partial charge < -0.3 is 4.74 Å². The molecule has 10 heteroatoms. The summed E-state index contributed by atoms with van der Waals surface area (Å²) in [6, 6.07) is 3.42. The number of halogens is 4. The van der Waals surface area contributed by atoms with Crippen molar-refractivity contribution in [2.75, 3.05) is 5.33 Å². The minimum atomic E-state index is -0.718. The SMILES string of the molecule is CC(C)(C)OC(=O)N1C(c2[nH+]ccs2)=NC(CBr)=C(Br)[C@@H]1c1ccc(F)cc1Cl. The van der Waals surface area contributed by atoms with Crippen molar-refractivity contribution < 1.29 is 18.9 Å². The third-order valence-electron chi connectivity index (χ3n) is 3.89. The number of carbonyl (C=O) groups excluding carboxylic acids is 1. The molecule has 1 amide bonds. The average Bonchev–Trinajstić information content (AvgIpc) is 3.15. The predicted molar refractivity (Wildman–Crippen MR) is 119 cm³/mol. The third kappa shape index (κ3) is 4.90. The van der Waals surface area contributed by atoms with Gasteiger partial charge in [0.05, 0.1) is 11.1 Å². The van der Waals surface area contributed by atoms with Gasteiger partial charge in [-0.15, -0.1) is 0 Å².